The van der Waals surface area contributed by atoms with E-state index in [2.05, 4.69) is 39.0 Å². The molecule has 3 rings (SSSR count). The lowest BCUT2D eigenvalue weighted by molar-refractivity contribution is 1.32. The third-order valence-electron chi connectivity index (χ3n) is 3.86. The summed E-state index contributed by atoms with van der Waals surface area (Å²) in [6, 6.07) is 10.1. The van der Waals surface area contributed by atoms with Gasteiger partial charge in [-0.3, -0.25) is 9.98 Å². The Balaban J connectivity index is 1.64. The number of anilines is 1. The van der Waals surface area contributed by atoms with Crippen LogP contribution in [0.3, 0.4) is 0 Å². The van der Waals surface area contributed by atoms with Gasteiger partial charge in [0.25, 0.3) is 0 Å². The van der Waals surface area contributed by atoms with Crippen LogP contribution in [0.15, 0.2) is 81.4 Å². The van der Waals surface area contributed by atoms with E-state index in [0.717, 1.165) is 45.4 Å². The zero-order valence-corrected chi connectivity index (χ0v) is 15.2. The quantitative estimate of drug-likeness (QED) is 0.737. The highest BCUT2D eigenvalue weighted by atomic mass is 32.1. The van der Waals surface area contributed by atoms with Crippen molar-refractivity contribution >= 4 is 28.4 Å². The topological polar surface area (TPSA) is 49.6 Å². The van der Waals surface area contributed by atoms with Crippen LogP contribution in [0.1, 0.15) is 13.3 Å². The molecule has 0 unspecified atom stereocenters. The van der Waals surface area contributed by atoms with Crippen LogP contribution in [0.2, 0.25) is 0 Å². The first-order chi connectivity index (χ1) is 12.2. The fraction of sp³-hybridized carbons (Fsp3) is 0.150. The highest BCUT2D eigenvalue weighted by Crippen LogP contribution is 2.27. The maximum Gasteiger partial charge on any atom is 0.187 e. The van der Waals surface area contributed by atoms with Crippen LogP contribution in [-0.2, 0) is 0 Å². The highest BCUT2D eigenvalue weighted by Gasteiger charge is 2.16. The molecule has 2 aromatic rings. The molecule has 1 aromatic carbocycles. The largest absolute Gasteiger partial charge is 0.330 e. The smallest absolute Gasteiger partial charge is 0.187 e. The zero-order valence-electron chi connectivity index (χ0n) is 14.4. The third kappa shape index (κ3) is 4.00. The van der Waals surface area contributed by atoms with Crippen LogP contribution in [0, 0.1) is 0 Å². The predicted octanol–water partition coefficient (Wildman–Crippen LogP) is 5.11. The Morgan fingerprint density at radius 2 is 2.12 bits per heavy atom. The summed E-state index contributed by atoms with van der Waals surface area (Å²) in [6.07, 6.45) is 6.53. The fourth-order valence-corrected chi connectivity index (χ4v) is 3.29. The van der Waals surface area contributed by atoms with Crippen molar-refractivity contribution in [3.8, 4) is 11.3 Å². The predicted molar refractivity (Wildman–Crippen MR) is 109 cm³/mol. The van der Waals surface area contributed by atoms with Gasteiger partial charge in [0, 0.05) is 36.8 Å². The molecule has 126 valence electrons. The van der Waals surface area contributed by atoms with Gasteiger partial charge in [-0.25, -0.2) is 4.98 Å². The zero-order chi connectivity index (χ0) is 17.6. The standard InChI is InChI=1S/C20H20N4S/c1-4-15(11-21-3)17-10-18(22-12-17)14(2)23-20-24-19(13-25-20)16-8-6-5-7-9-16/h4-9,11-13H,2,10H2,1,3H3,(H,23,24)/b15-4+,21-11?. The number of aromatic nitrogens is 1. The molecule has 0 fully saturated rings. The Morgan fingerprint density at radius 1 is 1.32 bits per heavy atom. The number of aliphatic imine (C=N–C) groups is 2. The van der Waals surface area contributed by atoms with Gasteiger partial charge in [-0.2, -0.15) is 0 Å². The normalized spacial score (nSPS) is 14.6. The summed E-state index contributed by atoms with van der Waals surface area (Å²) >= 11 is 1.56. The number of allylic oxidation sites excluding steroid dienone is 4. The molecule has 0 saturated carbocycles. The van der Waals surface area contributed by atoms with Gasteiger partial charge >= 0.3 is 0 Å². The first kappa shape index (κ1) is 17.0. The molecule has 1 aliphatic rings. The molecule has 1 aromatic heterocycles. The molecule has 1 N–H and O–H groups in total. The van der Waals surface area contributed by atoms with Crippen LogP contribution in [0.5, 0.6) is 0 Å². The summed E-state index contributed by atoms with van der Waals surface area (Å²) in [5.41, 5.74) is 6.02. The molecule has 0 aliphatic carbocycles. The Hall–Kier alpha value is -2.79. The molecule has 4 nitrogen and oxygen atoms in total. The monoisotopic (exact) mass is 348 g/mol. The number of nitrogens with one attached hydrogen (secondary N) is 1. The van der Waals surface area contributed by atoms with Gasteiger partial charge in [0.05, 0.1) is 17.1 Å². The van der Waals surface area contributed by atoms with E-state index >= 15 is 0 Å². The summed E-state index contributed by atoms with van der Waals surface area (Å²) < 4.78 is 0. The molecule has 25 heavy (non-hydrogen) atoms. The Kier molecular flexibility index (Phi) is 5.36. The van der Waals surface area contributed by atoms with E-state index < -0.39 is 0 Å². The maximum atomic E-state index is 4.63. The molecule has 0 bridgehead atoms. The van der Waals surface area contributed by atoms with Crippen LogP contribution < -0.4 is 5.32 Å². The van der Waals surface area contributed by atoms with Gasteiger partial charge < -0.3 is 5.32 Å². The van der Waals surface area contributed by atoms with Crippen molar-refractivity contribution in [2.45, 2.75) is 13.3 Å². The van der Waals surface area contributed by atoms with Gasteiger partial charge in [0.1, 0.15) is 0 Å². The van der Waals surface area contributed by atoms with Gasteiger partial charge in [0.15, 0.2) is 5.13 Å². The summed E-state index contributed by atoms with van der Waals surface area (Å²) in [5, 5.41) is 6.14. The van der Waals surface area contributed by atoms with Crippen molar-refractivity contribution in [3.05, 3.63) is 71.4 Å². The van der Waals surface area contributed by atoms with E-state index in [4.69, 9.17) is 0 Å². The van der Waals surface area contributed by atoms with Gasteiger partial charge in [-0.1, -0.05) is 43.0 Å². The van der Waals surface area contributed by atoms with Gasteiger partial charge in [0.2, 0.25) is 0 Å². The van der Waals surface area contributed by atoms with Gasteiger partial charge in [-0.15, -0.1) is 11.3 Å². The molecule has 0 amide bonds. The first-order valence-corrected chi connectivity index (χ1v) is 8.91. The second-order valence-corrected chi connectivity index (χ2v) is 6.40. The Bertz CT molecular complexity index is 885. The molecule has 0 saturated heterocycles. The second-order valence-electron chi connectivity index (χ2n) is 5.55. The van der Waals surface area contributed by atoms with E-state index in [9.17, 15) is 0 Å². The average molecular weight is 348 g/mol. The molecule has 0 radical (unpaired) electrons. The number of nitrogens with zero attached hydrogens (tertiary/aromatic N) is 3. The molecule has 5 heteroatoms. The summed E-state index contributed by atoms with van der Waals surface area (Å²) in [7, 11) is 1.77. The number of thiazole rings is 1. The van der Waals surface area contributed by atoms with Crippen molar-refractivity contribution in [1.82, 2.24) is 4.98 Å². The number of hydrogen-bond acceptors (Lipinski definition) is 5. The fourth-order valence-electron chi connectivity index (χ4n) is 2.54. The average Bonchev–Trinajstić information content (AvgIpc) is 3.30. The van der Waals surface area contributed by atoms with E-state index in [-0.39, 0.29) is 0 Å². The van der Waals surface area contributed by atoms with E-state index in [1.807, 2.05) is 49.0 Å². The summed E-state index contributed by atoms with van der Waals surface area (Å²) in [5.74, 6) is 0. The molecule has 2 heterocycles. The van der Waals surface area contributed by atoms with Crippen molar-refractivity contribution in [2.24, 2.45) is 9.98 Å². The van der Waals surface area contributed by atoms with E-state index in [1.54, 1.807) is 18.4 Å². The Morgan fingerprint density at radius 3 is 2.84 bits per heavy atom. The summed E-state index contributed by atoms with van der Waals surface area (Å²) in [6.45, 7) is 6.12. The van der Waals surface area contributed by atoms with Crippen LogP contribution in [0.4, 0.5) is 5.13 Å². The lowest BCUT2D eigenvalue weighted by Crippen LogP contribution is -2.09. The molecule has 0 spiro atoms. The molecular formula is C20H20N4S. The van der Waals surface area contributed by atoms with Gasteiger partial charge in [-0.05, 0) is 18.1 Å². The Labute approximate surface area is 152 Å². The minimum Gasteiger partial charge on any atom is -0.330 e. The number of benzene rings is 1. The van der Waals surface area contributed by atoms with E-state index in [0.29, 0.717) is 0 Å². The van der Waals surface area contributed by atoms with Crippen LogP contribution in [-0.4, -0.2) is 24.0 Å². The van der Waals surface area contributed by atoms with Crippen molar-refractivity contribution in [3.63, 3.8) is 0 Å². The minimum absolute atomic E-state index is 0.744. The lowest BCUT2D eigenvalue weighted by Gasteiger charge is -2.08. The molecule has 1 aliphatic heterocycles. The van der Waals surface area contributed by atoms with Crippen molar-refractivity contribution < 1.29 is 0 Å². The number of rotatable bonds is 6. The SMILES string of the molecule is C=C(Nc1nc(-c2ccccc2)cs1)C1=NC=C(/C(C=NC)=C/C)C1. The highest BCUT2D eigenvalue weighted by molar-refractivity contribution is 7.14. The van der Waals surface area contributed by atoms with Crippen molar-refractivity contribution in [2.75, 3.05) is 12.4 Å². The number of hydrogen-bond donors (Lipinski definition) is 1. The second kappa shape index (κ2) is 7.85. The van der Waals surface area contributed by atoms with Crippen molar-refractivity contribution in [1.29, 1.82) is 0 Å². The lowest BCUT2D eigenvalue weighted by atomic mass is 10.0. The van der Waals surface area contributed by atoms with E-state index in [1.165, 1.54) is 0 Å². The molecular weight excluding hydrogens is 328 g/mol. The molecule has 0 atom stereocenters. The first-order valence-electron chi connectivity index (χ1n) is 8.03. The summed E-state index contributed by atoms with van der Waals surface area (Å²) in [4.78, 5) is 13.2. The van der Waals surface area contributed by atoms with Crippen LogP contribution in [0.25, 0.3) is 11.3 Å². The maximum absolute atomic E-state index is 4.63. The minimum atomic E-state index is 0.744. The van der Waals surface area contributed by atoms with Crippen LogP contribution >= 0.6 is 11.3 Å². The third-order valence-corrected chi connectivity index (χ3v) is 4.62.